The Morgan fingerprint density at radius 1 is 1.31 bits per heavy atom. The van der Waals surface area contributed by atoms with Crippen LogP contribution in [0.1, 0.15) is 37.3 Å². The van der Waals surface area contributed by atoms with Gasteiger partial charge in [-0.15, -0.1) is 0 Å². The molecule has 0 aliphatic heterocycles. The zero-order chi connectivity index (χ0) is 12.0. The van der Waals surface area contributed by atoms with Crippen LogP contribution in [-0.2, 0) is 17.6 Å². The van der Waals surface area contributed by atoms with Gasteiger partial charge < -0.3 is 10.8 Å². The summed E-state index contributed by atoms with van der Waals surface area (Å²) in [4.78, 5) is 10.6. The van der Waals surface area contributed by atoms with Crippen LogP contribution in [0.15, 0.2) is 18.2 Å². The minimum Gasteiger partial charge on any atom is -0.481 e. The van der Waals surface area contributed by atoms with Gasteiger partial charge in [0.25, 0.3) is 0 Å². The molecule has 88 valence electrons. The van der Waals surface area contributed by atoms with Gasteiger partial charge in [-0.25, -0.2) is 0 Å². The zero-order valence-electron chi connectivity index (χ0n) is 9.70. The molecule has 0 aliphatic rings. The highest BCUT2D eigenvalue weighted by molar-refractivity contribution is 5.73. The summed E-state index contributed by atoms with van der Waals surface area (Å²) in [7, 11) is 0. The van der Waals surface area contributed by atoms with E-state index >= 15 is 0 Å². The number of rotatable bonds is 6. The maximum atomic E-state index is 10.6. The lowest BCUT2D eigenvalue weighted by atomic mass is 10.0. The van der Waals surface area contributed by atoms with Crippen molar-refractivity contribution in [3.8, 4) is 0 Å². The molecule has 0 aromatic heterocycles. The average Bonchev–Trinajstić information content (AvgIpc) is 2.23. The summed E-state index contributed by atoms with van der Waals surface area (Å²) < 4.78 is 0. The lowest BCUT2D eigenvalue weighted by Crippen LogP contribution is -2.05. The number of aryl methyl sites for hydroxylation is 1. The molecule has 0 unspecified atom stereocenters. The second kappa shape index (κ2) is 6.16. The monoisotopic (exact) mass is 221 g/mol. The first-order valence-corrected chi connectivity index (χ1v) is 5.73. The SMILES string of the molecule is CCCCCc1cccc(CC(=O)O)c1N. The van der Waals surface area contributed by atoms with Gasteiger partial charge in [-0.1, -0.05) is 38.0 Å². The summed E-state index contributed by atoms with van der Waals surface area (Å²) in [6.45, 7) is 2.16. The third-order valence-corrected chi connectivity index (χ3v) is 2.68. The van der Waals surface area contributed by atoms with Crippen LogP contribution in [0.3, 0.4) is 0 Å². The van der Waals surface area contributed by atoms with Crippen molar-refractivity contribution in [2.45, 2.75) is 39.0 Å². The van der Waals surface area contributed by atoms with Gasteiger partial charge in [-0.2, -0.15) is 0 Å². The Balaban J connectivity index is 2.74. The highest BCUT2D eigenvalue weighted by Crippen LogP contribution is 2.20. The highest BCUT2D eigenvalue weighted by atomic mass is 16.4. The molecule has 0 heterocycles. The molecule has 0 fully saturated rings. The largest absolute Gasteiger partial charge is 0.481 e. The molecule has 1 aromatic rings. The smallest absolute Gasteiger partial charge is 0.307 e. The lowest BCUT2D eigenvalue weighted by molar-refractivity contribution is -0.136. The second-order valence-corrected chi connectivity index (χ2v) is 4.02. The van der Waals surface area contributed by atoms with E-state index in [9.17, 15) is 4.79 Å². The molecule has 0 spiro atoms. The van der Waals surface area contributed by atoms with Crippen molar-refractivity contribution in [3.63, 3.8) is 0 Å². The maximum absolute atomic E-state index is 10.6. The number of nitrogen functional groups attached to an aromatic ring is 1. The molecule has 0 atom stereocenters. The summed E-state index contributed by atoms with van der Waals surface area (Å²) >= 11 is 0. The van der Waals surface area contributed by atoms with Gasteiger partial charge in [0.2, 0.25) is 0 Å². The zero-order valence-corrected chi connectivity index (χ0v) is 9.70. The van der Waals surface area contributed by atoms with E-state index in [1.807, 2.05) is 12.1 Å². The third-order valence-electron chi connectivity index (χ3n) is 2.68. The van der Waals surface area contributed by atoms with E-state index in [0.29, 0.717) is 5.69 Å². The van der Waals surface area contributed by atoms with E-state index < -0.39 is 5.97 Å². The Morgan fingerprint density at radius 3 is 2.62 bits per heavy atom. The summed E-state index contributed by atoms with van der Waals surface area (Å²) in [6, 6.07) is 5.65. The molecule has 0 saturated heterocycles. The Morgan fingerprint density at radius 2 is 2.00 bits per heavy atom. The van der Waals surface area contributed by atoms with E-state index in [2.05, 4.69) is 6.92 Å². The molecular formula is C13H19NO2. The normalized spacial score (nSPS) is 10.3. The second-order valence-electron chi connectivity index (χ2n) is 4.02. The molecule has 1 aromatic carbocycles. The molecule has 16 heavy (non-hydrogen) atoms. The average molecular weight is 221 g/mol. The number of carboxylic acids is 1. The predicted octanol–water partition coefficient (Wildman–Crippen LogP) is 2.63. The number of hydrogen-bond donors (Lipinski definition) is 2. The van der Waals surface area contributed by atoms with Crippen LogP contribution in [0.5, 0.6) is 0 Å². The van der Waals surface area contributed by atoms with Gasteiger partial charge in [0, 0.05) is 5.69 Å². The Kier molecular flexibility index (Phi) is 4.83. The van der Waals surface area contributed by atoms with Crippen LogP contribution in [0.4, 0.5) is 5.69 Å². The van der Waals surface area contributed by atoms with Crippen LogP contribution in [0.25, 0.3) is 0 Å². The molecule has 3 N–H and O–H groups in total. The number of nitrogens with two attached hydrogens (primary N) is 1. The van der Waals surface area contributed by atoms with E-state index in [4.69, 9.17) is 10.8 Å². The van der Waals surface area contributed by atoms with Crippen molar-refractivity contribution in [3.05, 3.63) is 29.3 Å². The fourth-order valence-electron chi connectivity index (χ4n) is 1.77. The number of aliphatic carboxylic acids is 1. The van der Waals surface area contributed by atoms with Crippen LogP contribution in [0, 0.1) is 0 Å². The van der Waals surface area contributed by atoms with Gasteiger partial charge in [0.05, 0.1) is 6.42 Å². The van der Waals surface area contributed by atoms with Crippen molar-refractivity contribution in [2.24, 2.45) is 0 Å². The van der Waals surface area contributed by atoms with Crippen LogP contribution in [0.2, 0.25) is 0 Å². The van der Waals surface area contributed by atoms with Crippen molar-refractivity contribution >= 4 is 11.7 Å². The first-order valence-electron chi connectivity index (χ1n) is 5.73. The first-order chi connectivity index (χ1) is 7.65. The number of unbranched alkanes of at least 4 members (excludes halogenated alkanes) is 2. The molecule has 0 bridgehead atoms. The van der Waals surface area contributed by atoms with Crippen molar-refractivity contribution in [1.29, 1.82) is 0 Å². The number of anilines is 1. The summed E-state index contributed by atoms with van der Waals surface area (Å²) in [5, 5.41) is 8.74. The molecule has 0 radical (unpaired) electrons. The molecule has 0 aliphatic carbocycles. The van der Waals surface area contributed by atoms with Gasteiger partial charge >= 0.3 is 5.97 Å². The van der Waals surface area contributed by atoms with Crippen LogP contribution < -0.4 is 5.73 Å². The Hall–Kier alpha value is -1.51. The minimum absolute atomic E-state index is 0.00739. The third kappa shape index (κ3) is 3.57. The number of carboxylic acid groups (broad SMARTS) is 1. The van der Waals surface area contributed by atoms with Crippen molar-refractivity contribution in [1.82, 2.24) is 0 Å². The number of hydrogen-bond acceptors (Lipinski definition) is 2. The standard InChI is InChI=1S/C13H19NO2/c1-2-3-4-6-10-7-5-8-11(13(10)14)9-12(15)16/h5,7-8H,2-4,6,9,14H2,1H3,(H,15,16). The molecule has 1 rings (SSSR count). The molecule has 3 nitrogen and oxygen atoms in total. The fourth-order valence-corrected chi connectivity index (χ4v) is 1.77. The summed E-state index contributed by atoms with van der Waals surface area (Å²) in [6.07, 6.45) is 4.41. The Labute approximate surface area is 96.3 Å². The summed E-state index contributed by atoms with van der Waals surface area (Å²) in [5.41, 5.74) is 8.40. The lowest BCUT2D eigenvalue weighted by Gasteiger charge is -2.09. The van der Waals surface area contributed by atoms with Crippen molar-refractivity contribution in [2.75, 3.05) is 5.73 Å². The molecule has 3 heteroatoms. The maximum Gasteiger partial charge on any atom is 0.307 e. The van der Waals surface area contributed by atoms with E-state index in [0.717, 1.165) is 24.0 Å². The van der Waals surface area contributed by atoms with Gasteiger partial charge in [0.1, 0.15) is 0 Å². The van der Waals surface area contributed by atoms with Crippen LogP contribution >= 0.6 is 0 Å². The molecule has 0 saturated carbocycles. The van der Waals surface area contributed by atoms with Gasteiger partial charge in [-0.05, 0) is 24.0 Å². The number of para-hydroxylation sites is 1. The van der Waals surface area contributed by atoms with E-state index in [1.165, 1.54) is 12.8 Å². The van der Waals surface area contributed by atoms with Crippen molar-refractivity contribution < 1.29 is 9.90 Å². The number of carbonyl (C=O) groups is 1. The number of benzene rings is 1. The molecular weight excluding hydrogens is 202 g/mol. The Bertz CT molecular complexity index is 361. The topological polar surface area (TPSA) is 63.3 Å². The first kappa shape index (κ1) is 12.6. The molecule has 0 amide bonds. The summed E-state index contributed by atoms with van der Waals surface area (Å²) in [5.74, 6) is -0.836. The van der Waals surface area contributed by atoms with E-state index in [1.54, 1.807) is 6.07 Å². The fraction of sp³-hybridized carbons (Fsp3) is 0.462. The van der Waals surface area contributed by atoms with E-state index in [-0.39, 0.29) is 6.42 Å². The van der Waals surface area contributed by atoms with Gasteiger partial charge in [0.15, 0.2) is 0 Å². The predicted molar refractivity (Wildman–Crippen MR) is 65.4 cm³/mol. The quantitative estimate of drug-likeness (QED) is 0.573. The van der Waals surface area contributed by atoms with Crippen LogP contribution in [-0.4, -0.2) is 11.1 Å². The minimum atomic E-state index is -0.836. The highest BCUT2D eigenvalue weighted by Gasteiger charge is 2.07. The van der Waals surface area contributed by atoms with Gasteiger partial charge in [-0.3, -0.25) is 4.79 Å².